The molecule has 0 unspecified atom stereocenters. The Labute approximate surface area is 105 Å². The summed E-state index contributed by atoms with van der Waals surface area (Å²) in [5.41, 5.74) is 0.876. The molecule has 0 aliphatic heterocycles. The summed E-state index contributed by atoms with van der Waals surface area (Å²) in [4.78, 5) is 30.0. The minimum Gasteiger partial charge on any atom is -0.335 e. The van der Waals surface area contributed by atoms with Gasteiger partial charge in [-0.3, -0.25) is 14.9 Å². The third-order valence-corrected chi connectivity index (χ3v) is 3.48. The van der Waals surface area contributed by atoms with Crippen molar-refractivity contribution in [3.8, 4) is 0 Å². The predicted molar refractivity (Wildman–Crippen MR) is 68.1 cm³/mol. The van der Waals surface area contributed by atoms with E-state index in [1.54, 1.807) is 0 Å². The molecule has 2 amide bonds. The first-order chi connectivity index (χ1) is 7.99. The van der Waals surface area contributed by atoms with Crippen molar-refractivity contribution in [2.45, 2.75) is 27.7 Å². The first-order valence-corrected chi connectivity index (χ1v) is 6.35. The molecule has 0 saturated carbocycles. The number of carbonyl (C=O) groups is 2. The maximum Gasteiger partial charge on any atom is 0.315 e. The molecule has 0 radical (unpaired) electrons. The van der Waals surface area contributed by atoms with Crippen LogP contribution in [0.25, 0.3) is 0 Å². The third-order valence-electron chi connectivity index (χ3n) is 2.49. The summed E-state index contributed by atoms with van der Waals surface area (Å²) < 4.78 is 0. The SMILES string of the molecule is CCN(CC)C(=O)C(=O)Nc1nc(C)c(C)s1. The highest BCUT2D eigenvalue weighted by molar-refractivity contribution is 7.15. The Morgan fingerprint density at radius 3 is 2.29 bits per heavy atom. The van der Waals surface area contributed by atoms with Crippen molar-refractivity contribution in [2.75, 3.05) is 18.4 Å². The fourth-order valence-electron chi connectivity index (χ4n) is 1.33. The van der Waals surface area contributed by atoms with Crippen LogP contribution in [0, 0.1) is 13.8 Å². The van der Waals surface area contributed by atoms with Gasteiger partial charge in [0.1, 0.15) is 0 Å². The van der Waals surface area contributed by atoms with Gasteiger partial charge in [-0.2, -0.15) is 0 Å². The zero-order valence-corrected chi connectivity index (χ0v) is 11.3. The van der Waals surface area contributed by atoms with Crippen LogP contribution in [0.3, 0.4) is 0 Å². The Morgan fingerprint density at radius 1 is 1.29 bits per heavy atom. The third kappa shape index (κ3) is 3.26. The van der Waals surface area contributed by atoms with Gasteiger partial charge in [-0.1, -0.05) is 0 Å². The highest BCUT2D eigenvalue weighted by Crippen LogP contribution is 2.20. The minimum absolute atomic E-state index is 0.477. The molecule has 6 heteroatoms. The molecule has 0 atom stereocenters. The molecule has 0 saturated heterocycles. The smallest absolute Gasteiger partial charge is 0.315 e. The van der Waals surface area contributed by atoms with E-state index in [-0.39, 0.29) is 0 Å². The lowest BCUT2D eigenvalue weighted by atomic mass is 10.4. The van der Waals surface area contributed by atoms with E-state index < -0.39 is 11.8 Å². The summed E-state index contributed by atoms with van der Waals surface area (Å²) in [6.45, 7) is 8.53. The van der Waals surface area contributed by atoms with Gasteiger partial charge >= 0.3 is 11.8 Å². The molecule has 1 aromatic rings. The van der Waals surface area contributed by atoms with Gasteiger partial charge in [0.05, 0.1) is 5.69 Å². The lowest BCUT2D eigenvalue weighted by Gasteiger charge is -2.16. The molecule has 1 aromatic heterocycles. The van der Waals surface area contributed by atoms with E-state index >= 15 is 0 Å². The second-order valence-corrected chi connectivity index (χ2v) is 4.80. The number of aryl methyl sites for hydroxylation is 2. The number of hydrogen-bond acceptors (Lipinski definition) is 4. The van der Waals surface area contributed by atoms with Crippen LogP contribution in [0.4, 0.5) is 5.13 Å². The molecule has 5 nitrogen and oxygen atoms in total. The normalized spacial score (nSPS) is 10.1. The molecule has 0 fully saturated rings. The van der Waals surface area contributed by atoms with Gasteiger partial charge in [0.2, 0.25) is 0 Å². The van der Waals surface area contributed by atoms with Gasteiger partial charge in [-0.25, -0.2) is 4.98 Å². The minimum atomic E-state index is -0.623. The second kappa shape index (κ2) is 5.77. The standard InChI is InChI=1S/C11H17N3O2S/c1-5-14(6-2)10(16)9(15)13-11-12-7(3)8(4)17-11/h5-6H2,1-4H3,(H,12,13,15). The number of anilines is 1. The fourth-order valence-corrected chi connectivity index (χ4v) is 2.14. The molecule has 94 valence electrons. The number of rotatable bonds is 3. The van der Waals surface area contributed by atoms with E-state index in [1.165, 1.54) is 16.2 Å². The summed E-state index contributed by atoms with van der Waals surface area (Å²) >= 11 is 1.37. The first-order valence-electron chi connectivity index (χ1n) is 5.53. The molecule has 0 aliphatic rings. The zero-order chi connectivity index (χ0) is 13.0. The van der Waals surface area contributed by atoms with Gasteiger partial charge in [0.25, 0.3) is 0 Å². The summed E-state index contributed by atoms with van der Waals surface area (Å²) in [5, 5.41) is 3.01. The van der Waals surface area contributed by atoms with Crippen LogP contribution in [0.15, 0.2) is 0 Å². The van der Waals surface area contributed by atoms with Crippen molar-refractivity contribution in [3.05, 3.63) is 10.6 Å². The van der Waals surface area contributed by atoms with E-state index in [4.69, 9.17) is 0 Å². The number of carbonyl (C=O) groups excluding carboxylic acids is 2. The van der Waals surface area contributed by atoms with Gasteiger partial charge in [-0.15, -0.1) is 11.3 Å². The zero-order valence-electron chi connectivity index (χ0n) is 10.5. The van der Waals surface area contributed by atoms with Crippen LogP contribution < -0.4 is 5.32 Å². The topological polar surface area (TPSA) is 62.3 Å². The summed E-state index contributed by atoms with van der Waals surface area (Å²) in [6, 6.07) is 0. The van der Waals surface area contributed by atoms with Crippen LogP contribution in [-0.4, -0.2) is 34.8 Å². The maximum absolute atomic E-state index is 11.7. The monoisotopic (exact) mass is 255 g/mol. The van der Waals surface area contributed by atoms with Crippen molar-refractivity contribution in [2.24, 2.45) is 0 Å². The highest BCUT2D eigenvalue weighted by Gasteiger charge is 2.20. The average molecular weight is 255 g/mol. The Bertz CT molecular complexity index is 405. The van der Waals surface area contributed by atoms with Gasteiger partial charge < -0.3 is 4.90 Å². The largest absolute Gasteiger partial charge is 0.335 e. The molecule has 1 N–H and O–H groups in total. The highest BCUT2D eigenvalue weighted by atomic mass is 32.1. The number of nitrogens with one attached hydrogen (secondary N) is 1. The lowest BCUT2D eigenvalue weighted by Crippen LogP contribution is -2.39. The number of aromatic nitrogens is 1. The van der Waals surface area contributed by atoms with Crippen LogP contribution in [0.1, 0.15) is 24.4 Å². The number of thiazole rings is 1. The lowest BCUT2D eigenvalue weighted by molar-refractivity contribution is -0.142. The average Bonchev–Trinajstić information content (AvgIpc) is 2.59. The molecule has 0 spiro atoms. The summed E-state index contributed by atoms with van der Waals surface area (Å²) in [6.07, 6.45) is 0. The fraction of sp³-hybridized carbons (Fsp3) is 0.545. The molecule has 0 aliphatic carbocycles. The molecular formula is C11H17N3O2S. The second-order valence-electron chi connectivity index (χ2n) is 3.59. The molecule has 1 heterocycles. The van der Waals surface area contributed by atoms with E-state index in [0.29, 0.717) is 18.2 Å². The van der Waals surface area contributed by atoms with E-state index in [9.17, 15) is 9.59 Å². The van der Waals surface area contributed by atoms with Crippen LogP contribution in [0.2, 0.25) is 0 Å². The molecular weight excluding hydrogens is 238 g/mol. The number of amides is 2. The van der Waals surface area contributed by atoms with Gasteiger partial charge in [0.15, 0.2) is 5.13 Å². The summed E-state index contributed by atoms with van der Waals surface area (Å²) in [5.74, 6) is -1.14. The predicted octanol–water partition coefficient (Wildman–Crippen LogP) is 1.57. The van der Waals surface area contributed by atoms with E-state index in [1.807, 2.05) is 27.7 Å². The van der Waals surface area contributed by atoms with Crippen molar-refractivity contribution < 1.29 is 9.59 Å². The van der Waals surface area contributed by atoms with Crippen LogP contribution >= 0.6 is 11.3 Å². The Balaban J connectivity index is 2.69. The molecule has 0 aromatic carbocycles. The first kappa shape index (κ1) is 13.6. The van der Waals surface area contributed by atoms with Crippen molar-refractivity contribution in [3.63, 3.8) is 0 Å². The van der Waals surface area contributed by atoms with Crippen LogP contribution in [0.5, 0.6) is 0 Å². The van der Waals surface area contributed by atoms with Crippen molar-refractivity contribution >= 4 is 28.3 Å². The summed E-state index contributed by atoms with van der Waals surface area (Å²) in [7, 11) is 0. The van der Waals surface area contributed by atoms with E-state index in [0.717, 1.165) is 10.6 Å². The van der Waals surface area contributed by atoms with E-state index in [2.05, 4.69) is 10.3 Å². The molecule has 0 bridgehead atoms. The van der Waals surface area contributed by atoms with Gasteiger partial charge in [-0.05, 0) is 27.7 Å². The number of likely N-dealkylation sites (N-methyl/N-ethyl adjacent to an activating group) is 1. The Hall–Kier alpha value is -1.43. The maximum atomic E-state index is 11.7. The Kier molecular flexibility index (Phi) is 4.62. The quantitative estimate of drug-likeness (QED) is 0.834. The Morgan fingerprint density at radius 2 is 1.88 bits per heavy atom. The van der Waals surface area contributed by atoms with Gasteiger partial charge in [0, 0.05) is 18.0 Å². The number of hydrogen-bond donors (Lipinski definition) is 1. The molecule has 1 rings (SSSR count). The van der Waals surface area contributed by atoms with Crippen molar-refractivity contribution in [1.29, 1.82) is 0 Å². The van der Waals surface area contributed by atoms with Crippen molar-refractivity contribution in [1.82, 2.24) is 9.88 Å². The number of nitrogens with zero attached hydrogens (tertiary/aromatic N) is 2. The molecule has 17 heavy (non-hydrogen) atoms. The van der Waals surface area contributed by atoms with Crippen LogP contribution in [-0.2, 0) is 9.59 Å².